The van der Waals surface area contributed by atoms with Crippen molar-refractivity contribution in [3.05, 3.63) is 41.6 Å². The highest BCUT2D eigenvalue weighted by Gasteiger charge is 2.20. The Hall–Kier alpha value is -1.94. The minimum Gasteiger partial charge on any atom is -0.340 e. The highest BCUT2D eigenvalue weighted by molar-refractivity contribution is 5.82. The molecular weight excluding hydrogens is 262 g/mol. The van der Waals surface area contributed by atoms with Crippen molar-refractivity contribution in [2.75, 3.05) is 33.2 Å². The summed E-state index contributed by atoms with van der Waals surface area (Å²) in [5, 5.41) is 1.13. The Kier molecular flexibility index (Phi) is 3.88. The molecule has 3 rings (SSSR count). The molecule has 0 aliphatic carbocycles. The van der Waals surface area contributed by atoms with Gasteiger partial charge < -0.3 is 9.80 Å². The molecule has 4 nitrogen and oxygen atoms in total. The number of fused-ring (bicyclic) bond motifs is 1. The molecule has 1 aromatic heterocycles. The number of piperazine rings is 1. The smallest absolute Gasteiger partial charge is 0.228 e. The van der Waals surface area contributed by atoms with E-state index in [2.05, 4.69) is 29.1 Å². The fourth-order valence-electron chi connectivity index (χ4n) is 2.75. The molecule has 4 heteroatoms. The lowest BCUT2D eigenvalue weighted by molar-refractivity contribution is -0.132. The molecule has 0 N–H and O–H groups in total. The van der Waals surface area contributed by atoms with E-state index in [0.717, 1.165) is 48.3 Å². The molecule has 0 spiro atoms. The van der Waals surface area contributed by atoms with Gasteiger partial charge in [-0.05, 0) is 31.7 Å². The number of benzene rings is 1. The van der Waals surface area contributed by atoms with Crippen LogP contribution in [0.3, 0.4) is 0 Å². The van der Waals surface area contributed by atoms with Crippen molar-refractivity contribution in [2.24, 2.45) is 0 Å². The lowest BCUT2D eigenvalue weighted by atomic mass is 10.1. The van der Waals surface area contributed by atoms with E-state index in [9.17, 15) is 4.79 Å². The second kappa shape index (κ2) is 5.82. The SMILES string of the molecule is Cc1cc2ccccc2nc1CC(=O)N1CCN(C)CC1. The number of pyridine rings is 1. The second-order valence-corrected chi connectivity index (χ2v) is 5.81. The van der Waals surface area contributed by atoms with Crippen LogP contribution in [-0.2, 0) is 11.2 Å². The van der Waals surface area contributed by atoms with Gasteiger partial charge >= 0.3 is 0 Å². The van der Waals surface area contributed by atoms with Crippen LogP contribution in [0, 0.1) is 6.92 Å². The Morgan fingerprint density at radius 3 is 2.67 bits per heavy atom. The van der Waals surface area contributed by atoms with Gasteiger partial charge in [-0.15, -0.1) is 0 Å². The van der Waals surface area contributed by atoms with Gasteiger partial charge in [0.25, 0.3) is 0 Å². The van der Waals surface area contributed by atoms with Crippen LogP contribution in [0.25, 0.3) is 10.9 Å². The van der Waals surface area contributed by atoms with Crippen molar-refractivity contribution in [1.29, 1.82) is 0 Å². The second-order valence-electron chi connectivity index (χ2n) is 5.81. The summed E-state index contributed by atoms with van der Waals surface area (Å²) < 4.78 is 0. The molecule has 0 atom stereocenters. The van der Waals surface area contributed by atoms with Crippen LogP contribution in [0.15, 0.2) is 30.3 Å². The Bertz CT molecular complexity index is 660. The van der Waals surface area contributed by atoms with E-state index in [-0.39, 0.29) is 5.91 Å². The predicted molar refractivity (Wildman–Crippen MR) is 84.3 cm³/mol. The molecule has 1 fully saturated rings. The number of amides is 1. The Labute approximate surface area is 125 Å². The van der Waals surface area contributed by atoms with Crippen LogP contribution in [-0.4, -0.2) is 53.9 Å². The van der Waals surface area contributed by atoms with Gasteiger partial charge in [-0.3, -0.25) is 9.78 Å². The average Bonchev–Trinajstić information content (AvgIpc) is 2.48. The minimum atomic E-state index is 0.189. The van der Waals surface area contributed by atoms with Crippen LogP contribution in [0.2, 0.25) is 0 Å². The lowest BCUT2D eigenvalue weighted by Crippen LogP contribution is -2.47. The van der Waals surface area contributed by atoms with Gasteiger partial charge in [0.15, 0.2) is 0 Å². The summed E-state index contributed by atoms with van der Waals surface area (Å²) in [6.07, 6.45) is 0.403. The summed E-state index contributed by atoms with van der Waals surface area (Å²) in [5.74, 6) is 0.189. The van der Waals surface area contributed by atoms with E-state index in [1.54, 1.807) is 0 Å². The van der Waals surface area contributed by atoms with Crippen molar-refractivity contribution >= 4 is 16.8 Å². The van der Waals surface area contributed by atoms with Crippen molar-refractivity contribution in [2.45, 2.75) is 13.3 Å². The summed E-state index contributed by atoms with van der Waals surface area (Å²) in [6.45, 7) is 5.59. The van der Waals surface area contributed by atoms with E-state index in [4.69, 9.17) is 0 Å². The minimum absolute atomic E-state index is 0.189. The molecule has 0 radical (unpaired) electrons. The maximum atomic E-state index is 12.4. The molecule has 110 valence electrons. The van der Waals surface area contributed by atoms with Gasteiger partial charge in [0.2, 0.25) is 5.91 Å². The van der Waals surface area contributed by atoms with Crippen LogP contribution >= 0.6 is 0 Å². The van der Waals surface area contributed by atoms with Gasteiger partial charge in [-0.2, -0.15) is 0 Å². The molecule has 2 aromatic rings. The zero-order valence-corrected chi connectivity index (χ0v) is 12.7. The first-order valence-corrected chi connectivity index (χ1v) is 7.45. The lowest BCUT2D eigenvalue weighted by Gasteiger charge is -2.32. The Morgan fingerprint density at radius 2 is 1.90 bits per heavy atom. The zero-order valence-electron chi connectivity index (χ0n) is 12.7. The van der Waals surface area contributed by atoms with Gasteiger partial charge in [-0.25, -0.2) is 0 Å². The van der Waals surface area contributed by atoms with Crippen LogP contribution < -0.4 is 0 Å². The number of para-hydroxylation sites is 1. The van der Waals surface area contributed by atoms with Crippen LogP contribution in [0.4, 0.5) is 0 Å². The van der Waals surface area contributed by atoms with E-state index >= 15 is 0 Å². The van der Waals surface area contributed by atoms with Gasteiger partial charge in [0.05, 0.1) is 17.6 Å². The molecule has 1 saturated heterocycles. The molecule has 2 heterocycles. The van der Waals surface area contributed by atoms with Crippen molar-refractivity contribution in [3.63, 3.8) is 0 Å². The van der Waals surface area contributed by atoms with Crippen molar-refractivity contribution in [1.82, 2.24) is 14.8 Å². The van der Waals surface area contributed by atoms with Crippen LogP contribution in [0.1, 0.15) is 11.3 Å². The van der Waals surface area contributed by atoms with Gasteiger partial charge in [-0.1, -0.05) is 18.2 Å². The normalized spacial score (nSPS) is 16.4. The summed E-state index contributed by atoms with van der Waals surface area (Å²) in [7, 11) is 2.09. The highest BCUT2D eigenvalue weighted by atomic mass is 16.2. The van der Waals surface area contributed by atoms with E-state index in [1.165, 1.54) is 0 Å². The Balaban J connectivity index is 1.78. The quantitative estimate of drug-likeness (QED) is 0.844. The molecule has 1 amide bonds. The third kappa shape index (κ3) is 3.05. The third-order valence-corrected chi connectivity index (χ3v) is 4.19. The zero-order chi connectivity index (χ0) is 14.8. The maximum absolute atomic E-state index is 12.4. The number of aromatic nitrogens is 1. The molecule has 1 aromatic carbocycles. The number of hydrogen-bond acceptors (Lipinski definition) is 3. The number of rotatable bonds is 2. The fourth-order valence-corrected chi connectivity index (χ4v) is 2.75. The molecule has 21 heavy (non-hydrogen) atoms. The van der Waals surface area contributed by atoms with E-state index in [0.29, 0.717) is 6.42 Å². The number of aryl methyl sites for hydroxylation is 1. The molecule has 1 aliphatic rings. The summed E-state index contributed by atoms with van der Waals surface area (Å²) in [4.78, 5) is 21.3. The number of carbonyl (C=O) groups is 1. The maximum Gasteiger partial charge on any atom is 0.228 e. The third-order valence-electron chi connectivity index (χ3n) is 4.19. The first-order chi connectivity index (χ1) is 10.1. The summed E-state index contributed by atoms with van der Waals surface area (Å²) in [6, 6.07) is 10.2. The van der Waals surface area contributed by atoms with Crippen molar-refractivity contribution in [3.8, 4) is 0 Å². The predicted octanol–water partition coefficient (Wildman–Crippen LogP) is 1.86. The largest absolute Gasteiger partial charge is 0.340 e. The first-order valence-electron chi connectivity index (χ1n) is 7.45. The number of carbonyl (C=O) groups excluding carboxylic acids is 1. The summed E-state index contributed by atoms with van der Waals surface area (Å²) in [5.41, 5.74) is 2.96. The monoisotopic (exact) mass is 283 g/mol. The molecule has 1 aliphatic heterocycles. The molecule has 0 saturated carbocycles. The topological polar surface area (TPSA) is 36.4 Å². The van der Waals surface area contributed by atoms with E-state index < -0.39 is 0 Å². The fraction of sp³-hybridized carbons (Fsp3) is 0.412. The Morgan fingerprint density at radius 1 is 1.19 bits per heavy atom. The molecule has 0 bridgehead atoms. The molecule has 0 unspecified atom stereocenters. The standard InChI is InChI=1S/C17H21N3O/c1-13-11-14-5-3-4-6-15(14)18-16(13)12-17(21)20-9-7-19(2)8-10-20/h3-6,11H,7-10,12H2,1-2H3. The van der Waals surface area contributed by atoms with Gasteiger partial charge in [0, 0.05) is 31.6 Å². The van der Waals surface area contributed by atoms with Crippen LogP contribution in [0.5, 0.6) is 0 Å². The highest BCUT2D eigenvalue weighted by Crippen LogP contribution is 2.17. The number of nitrogens with zero attached hydrogens (tertiary/aromatic N) is 3. The summed E-state index contributed by atoms with van der Waals surface area (Å²) >= 11 is 0. The molecular formula is C17H21N3O. The number of likely N-dealkylation sites (N-methyl/N-ethyl adjacent to an activating group) is 1. The number of hydrogen-bond donors (Lipinski definition) is 0. The van der Waals surface area contributed by atoms with E-state index in [1.807, 2.05) is 30.0 Å². The van der Waals surface area contributed by atoms with Gasteiger partial charge in [0.1, 0.15) is 0 Å². The first kappa shape index (κ1) is 14.0. The average molecular weight is 283 g/mol. The van der Waals surface area contributed by atoms with Crippen molar-refractivity contribution < 1.29 is 4.79 Å².